The molecule has 1 N–H and O–H groups in total. The second-order valence-corrected chi connectivity index (χ2v) is 8.41. The zero-order valence-corrected chi connectivity index (χ0v) is 19.9. The van der Waals surface area contributed by atoms with Gasteiger partial charge in [0.15, 0.2) is 0 Å². The quantitative estimate of drug-likeness (QED) is 0.274. The second kappa shape index (κ2) is 13.4. The number of rotatable bonds is 13. The molecule has 0 radical (unpaired) electrons. The van der Waals surface area contributed by atoms with Gasteiger partial charge in [0.05, 0.1) is 12.7 Å². The minimum atomic E-state index is -0.224. The lowest BCUT2D eigenvalue weighted by Gasteiger charge is -2.16. The first kappa shape index (κ1) is 25.3. The summed E-state index contributed by atoms with van der Waals surface area (Å²) in [6, 6.07) is 13.8. The minimum Gasteiger partial charge on any atom is -0.488 e. The van der Waals surface area contributed by atoms with E-state index in [1.54, 1.807) is 0 Å². The summed E-state index contributed by atoms with van der Waals surface area (Å²) in [5.41, 5.74) is 0.559. The van der Waals surface area contributed by atoms with Crippen molar-refractivity contribution in [3.05, 3.63) is 54.1 Å². The molecule has 3 rings (SSSR count). The summed E-state index contributed by atoms with van der Waals surface area (Å²) >= 11 is 0. The summed E-state index contributed by atoms with van der Waals surface area (Å²) < 4.78 is 10.7. The van der Waals surface area contributed by atoms with E-state index in [9.17, 15) is 14.4 Å². The number of allylic oxidation sites excluding steroid dienone is 1. The van der Waals surface area contributed by atoms with Gasteiger partial charge in [0.2, 0.25) is 11.8 Å². The van der Waals surface area contributed by atoms with E-state index in [1.807, 2.05) is 53.4 Å². The van der Waals surface area contributed by atoms with E-state index in [0.29, 0.717) is 50.8 Å². The Morgan fingerprint density at radius 3 is 2.71 bits per heavy atom. The molecule has 0 aliphatic carbocycles. The van der Waals surface area contributed by atoms with Crippen LogP contribution in [0.3, 0.4) is 0 Å². The maximum atomic E-state index is 12.9. The Hall–Kier alpha value is -3.35. The lowest BCUT2D eigenvalue weighted by Crippen LogP contribution is -2.32. The van der Waals surface area contributed by atoms with Crippen LogP contribution in [0.2, 0.25) is 0 Å². The number of carbonyl (C=O) groups is 3. The van der Waals surface area contributed by atoms with Gasteiger partial charge in [0, 0.05) is 37.9 Å². The van der Waals surface area contributed by atoms with Crippen LogP contribution in [0.25, 0.3) is 10.8 Å². The number of amides is 2. The van der Waals surface area contributed by atoms with Crippen molar-refractivity contribution in [3.63, 3.8) is 0 Å². The predicted octanol–water partition coefficient (Wildman–Crippen LogP) is 4.01. The van der Waals surface area contributed by atoms with Gasteiger partial charge in [0.25, 0.3) is 0 Å². The Kier molecular flexibility index (Phi) is 9.95. The van der Waals surface area contributed by atoms with Crippen molar-refractivity contribution < 1.29 is 23.9 Å². The third-order valence-corrected chi connectivity index (χ3v) is 5.94. The molecule has 1 saturated heterocycles. The fourth-order valence-electron chi connectivity index (χ4n) is 4.01. The average Bonchev–Trinajstić information content (AvgIpc) is 3.27. The maximum absolute atomic E-state index is 12.9. The number of likely N-dealkylation sites (tertiary alicyclic amines) is 1. The van der Waals surface area contributed by atoms with Crippen molar-refractivity contribution in [3.8, 4) is 5.75 Å². The number of unbranched alkanes of at least 4 members (excludes halogenated alkanes) is 2. The zero-order chi connectivity index (χ0) is 24.2. The molecular formula is C27H34N2O5. The molecule has 2 aromatic carbocycles. The van der Waals surface area contributed by atoms with E-state index >= 15 is 0 Å². The summed E-state index contributed by atoms with van der Waals surface area (Å²) in [5.74, 6) is 0.538. The Balaban J connectivity index is 1.56. The highest BCUT2D eigenvalue weighted by Crippen LogP contribution is 2.25. The van der Waals surface area contributed by atoms with Crippen molar-refractivity contribution in [2.75, 3.05) is 33.4 Å². The third-order valence-electron chi connectivity index (χ3n) is 5.94. The highest BCUT2D eigenvalue weighted by molar-refractivity contribution is 5.94. The van der Waals surface area contributed by atoms with E-state index in [1.165, 1.54) is 7.11 Å². The van der Waals surface area contributed by atoms with Gasteiger partial charge in [0.1, 0.15) is 12.4 Å². The van der Waals surface area contributed by atoms with Gasteiger partial charge in [-0.3, -0.25) is 14.4 Å². The molecule has 2 aromatic rings. The number of nitrogens with zero attached hydrogens (tertiary/aromatic N) is 1. The molecule has 7 heteroatoms. The molecule has 1 fully saturated rings. The number of hydrogen-bond acceptors (Lipinski definition) is 5. The van der Waals surface area contributed by atoms with E-state index in [-0.39, 0.29) is 24.4 Å². The molecule has 0 aromatic heterocycles. The van der Waals surface area contributed by atoms with Gasteiger partial charge in [-0.05, 0) is 43.6 Å². The molecule has 7 nitrogen and oxygen atoms in total. The number of hydrogen-bond donors (Lipinski definition) is 1. The van der Waals surface area contributed by atoms with Gasteiger partial charge in [-0.1, -0.05) is 42.5 Å². The molecule has 0 bridgehead atoms. The Morgan fingerprint density at radius 2 is 1.91 bits per heavy atom. The van der Waals surface area contributed by atoms with Crippen molar-refractivity contribution in [2.45, 2.75) is 44.9 Å². The van der Waals surface area contributed by atoms with Crippen LogP contribution in [0.15, 0.2) is 54.1 Å². The number of nitrogens with one attached hydrogen (secondary N) is 1. The maximum Gasteiger partial charge on any atom is 0.305 e. The molecule has 182 valence electrons. The van der Waals surface area contributed by atoms with Gasteiger partial charge >= 0.3 is 5.97 Å². The van der Waals surface area contributed by atoms with Crippen LogP contribution in [0.1, 0.15) is 44.9 Å². The lowest BCUT2D eigenvalue weighted by atomic mass is 10.1. The molecular weight excluding hydrogens is 432 g/mol. The van der Waals surface area contributed by atoms with Gasteiger partial charge in [-0.25, -0.2) is 0 Å². The zero-order valence-electron chi connectivity index (χ0n) is 19.9. The number of ether oxygens (including phenoxy) is 2. The standard InChI is InChI=1S/C27H34N2O5/c1-33-26(31)16-4-2-3-11-22(27(32)28-17-9-19-29-18-8-15-25(29)30)20-34-24-14-7-12-21-10-5-6-13-23(21)24/h5-7,10-14H,2-4,8-9,15-20H2,1H3,(H,28,32). The third kappa shape index (κ3) is 7.61. The molecule has 1 heterocycles. The summed E-state index contributed by atoms with van der Waals surface area (Å²) in [6.07, 6.45) is 6.66. The van der Waals surface area contributed by atoms with Gasteiger partial charge < -0.3 is 19.7 Å². The largest absolute Gasteiger partial charge is 0.488 e. The summed E-state index contributed by atoms with van der Waals surface area (Å²) in [5, 5.41) is 5.04. The van der Waals surface area contributed by atoms with Crippen LogP contribution in [0.5, 0.6) is 5.75 Å². The second-order valence-electron chi connectivity index (χ2n) is 8.41. The Bertz CT molecular complexity index is 1010. The van der Waals surface area contributed by atoms with Gasteiger partial charge in [-0.2, -0.15) is 0 Å². The lowest BCUT2D eigenvalue weighted by molar-refractivity contribution is -0.140. The molecule has 34 heavy (non-hydrogen) atoms. The van der Waals surface area contributed by atoms with Crippen LogP contribution >= 0.6 is 0 Å². The molecule has 2 amide bonds. The number of carbonyl (C=O) groups excluding carboxylic acids is 3. The minimum absolute atomic E-state index is 0.154. The topological polar surface area (TPSA) is 84.9 Å². The van der Waals surface area contributed by atoms with Crippen molar-refractivity contribution in [2.24, 2.45) is 0 Å². The summed E-state index contributed by atoms with van der Waals surface area (Å²) in [7, 11) is 1.38. The van der Waals surface area contributed by atoms with Crippen LogP contribution < -0.4 is 10.1 Å². The van der Waals surface area contributed by atoms with Crippen molar-refractivity contribution in [1.82, 2.24) is 10.2 Å². The molecule has 0 spiro atoms. The average molecular weight is 467 g/mol. The molecule has 1 aliphatic heterocycles. The first-order valence-corrected chi connectivity index (χ1v) is 12.0. The summed E-state index contributed by atoms with van der Waals surface area (Å²) in [4.78, 5) is 37.8. The molecule has 0 unspecified atom stereocenters. The van der Waals surface area contributed by atoms with Crippen LogP contribution in [0, 0.1) is 0 Å². The van der Waals surface area contributed by atoms with Crippen molar-refractivity contribution in [1.29, 1.82) is 0 Å². The van der Waals surface area contributed by atoms with E-state index in [0.717, 1.165) is 35.9 Å². The molecule has 1 aliphatic rings. The highest BCUT2D eigenvalue weighted by Gasteiger charge is 2.19. The number of esters is 1. The normalized spacial score (nSPS) is 13.9. The smallest absolute Gasteiger partial charge is 0.305 e. The van der Waals surface area contributed by atoms with Crippen LogP contribution in [0.4, 0.5) is 0 Å². The number of methoxy groups -OCH3 is 1. The monoisotopic (exact) mass is 466 g/mol. The van der Waals surface area contributed by atoms with E-state index in [2.05, 4.69) is 10.1 Å². The first-order chi connectivity index (χ1) is 16.6. The number of fused-ring (bicyclic) bond motifs is 1. The fourth-order valence-corrected chi connectivity index (χ4v) is 4.01. The Labute approximate surface area is 201 Å². The Morgan fingerprint density at radius 1 is 1.09 bits per heavy atom. The molecule has 0 saturated carbocycles. The van der Waals surface area contributed by atoms with Gasteiger partial charge in [-0.15, -0.1) is 0 Å². The van der Waals surface area contributed by atoms with Crippen LogP contribution in [-0.2, 0) is 19.1 Å². The van der Waals surface area contributed by atoms with E-state index < -0.39 is 0 Å². The SMILES string of the molecule is COC(=O)CCCCC=C(COc1cccc2ccccc12)C(=O)NCCCN1CCCC1=O. The predicted molar refractivity (Wildman–Crippen MR) is 131 cm³/mol. The number of benzene rings is 2. The highest BCUT2D eigenvalue weighted by atomic mass is 16.5. The molecule has 0 atom stereocenters. The fraction of sp³-hybridized carbons (Fsp3) is 0.444. The van der Waals surface area contributed by atoms with E-state index in [4.69, 9.17) is 4.74 Å². The van der Waals surface area contributed by atoms with Crippen LogP contribution in [-0.4, -0.2) is 56.0 Å². The van der Waals surface area contributed by atoms with Crippen molar-refractivity contribution >= 4 is 28.6 Å². The summed E-state index contributed by atoms with van der Waals surface area (Å²) in [6.45, 7) is 2.12. The first-order valence-electron chi connectivity index (χ1n) is 12.0.